The number of likely N-dealkylation sites (N-methyl/N-ethyl adjacent to an activating group) is 1. The lowest BCUT2D eigenvalue weighted by atomic mass is 10.3. The summed E-state index contributed by atoms with van der Waals surface area (Å²) in [5, 5.41) is 6.18. The highest BCUT2D eigenvalue weighted by molar-refractivity contribution is 5.76. The van der Waals surface area contributed by atoms with Gasteiger partial charge in [-0.1, -0.05) is 0 Å². The van der Waals surface area contributed by atoms with E-state index >= 15 is 0 Å². The summed E-state index contributed by atoms with van der Waals surface area (Å²) in [6, 6.07) is 0.656. The molecule has 0 spiro atoms. The molecule has 4 nitrogen and oxygen atoms in total. The average molecular weight is 215 g/mol. The molecule has 15 heavy (non-hydrogen) atoms. The molecule has 0 aliphatic carbocycles. The highest BCUT2D eigenvalue weighted by Gasteiger charge is 2.05. The van der Waals surface area contributed by atoms with E-state index in [0.717, 1.165) is 13.1 Å². The SMILES string of the molecule is CC(C)NC(=O)CCNC(C)CN(C)C. The molecule has 2 N–H and O–H groups in total. The number of rotatable bonds is 7. The second-order valence-electron chi connectivity index (χ2n) is 4.59. The van der Waals surface area contributed by atoms with Crippen molar-refractivity contribution in [2.75, 3.05) is 27.2 Å². The zero-order valence-electron chi connectivity index (χ0n) is 10.6. The molecular weight excluding hydrogens is 190 g/mol. The summed E-state index contributed by atoms with van der Waals surface area (Å²) in [4.78, 5) is 13.4. The highest BCUT2D eigenvalue weighted by Crippen LogP contribution is 1.87. The summed E-state index contributed by atoms with van der Waals surface area (Å²) in [6.45, 7) is 7.81. The van der Waals surface area contributed by atoms with Crippen molar-refractivity contribution in [3.63, 3.8) is 0 Å². The fourth-order valence-electron chi connectivity index (χ4n) is 1.44. The quantitative estimate of drug-likeness (QED) is 0.648. The van der Waals surface area contributed by atoms with Gasteiger partial charge < -0.3 is 15.5 Å². The van der Waals surface area contributed by atoms with E-state index < -0.39 is 0 Å². The van der Waals surface area contributed by atoms with Crippen molar-refractivity contribution in [3.8, 4) is 0 Å². The van der Waals surface area contributed by atoms with Gasteiger partial charge in [0.2, 0.25) is 5.91 Å². The maximum absolute atomic E-state index is 11.3. The first-order chi connectivity index (χ1) is 6.91. The van der Waals surface area contributed by atoms with Crippen molar-refractivity contribution in [2.24, 2.45) is 0 Å². The van der Waals surface area contributed by atoms with Crippen LogP contribution in [0.2, 0.25) is 0 Å². The zero-order chi connectivity index (χ0) is 11.8. The fraction of sp³-hybridized carbons (Fsp3) is 0.909. The molecule has 90 valence electrons. The standard InChI is InChI=1S/C11H25N3O/c1-9(2)13-11(15)6-7-12-10(3)8-14(4)5/h9-10,12H,6-8H2,1-5H3,(H,13,15). The van der Waals surface area contributed by atoms with Gasteiger partial charge in [0.15, 0.2) is 0 Å². The second kappa shape index (κ2) is 7.65. The lowest BCUT2D eigenvalue weighted by molar-refractivity contribution is -0.121. The van der Waals surface area contributed by atoms with Gasteiger partial charge in [-0.3, -0.25) is 4.79 Å². The number of nitrogens with zero attached hydrogens (tertiary/aromatic N) is 1. The number of carbonyl (C=O) groups excluding carboxylic acids is 1. The van der Waals surface area contributed by atoms with E-state index in [1.54, 1.807) is 0 Å². The lowest BCUT2D eigenvalue weighted by Crippen LogP contribution is -2.38. The normalized spacial score (nSPS) is 13.3. The summed E-state index contributed by atoms with van der Waals surface area (Å²) in [5.41, 5.74) is 0. The molecule has 0 heterocycles. The van der Waals surface area contributed by atoms with E-state index in [2.05, 4.69) is 22.5 Å². The predicted molar refractivity (Wildman–Crippen MR) is 63.9 cm³/mol. The van der Waals surface area contributed by atoms with Crippen molar-refractivity contribution < 1.29 is 4.79 Å². The lowest BCUT2D eigenvalue weighted by Gasteiger charge is -2.18. The summed E-state index contributed by atoms with van der Waals surface area (Å²) in [7, 11) is 4.09. The molecule has 0 aliphatic heterocycles. The first kappa shape index (κ1) is 14.4. The van der Waals surface area contributed by atoms with E-state index in [9.17, 15) is 4.79 Å². The molecule has 0 aliphatic rings. The Kier molecular flexibility index (Phi) is 7.34. The summed E-state index contributed by atoms with van der Waals surface area (Å²) in [6.07, 6.45) is 0.552. The van der Waals surface area contributed by atoms with Crippen LogP contribution in [0.1, 0.15) is 27.2 Å². The van der Waals surface area contributed by atoms with Gasteiger partial charge >= 0.3 is 0 Å². The van der Waals surface area contributed by atoms with Crippen molar-refractivity contribution in [3.05, 3.63) is 0 Å². The molecule has 0 aromatic heterocycles. The smallest absolute Gasteiger partial charge is 0.221 e. The van der Waals surface area contributed by atoms with E-state index in [1.165, 1.54) is 0 Å². The molecule has 0 radical (unpaired) electrons. The number of hydrogen-bond acceptors (Lipinski definition) is 3. The summed E-state index contributed by atoms with van der Waals surface area (Å²) in [5.74, 6) is 0.120. The van der Waals surface area contributed by atoms with Crippen LogP contribution >= 0.6 is 0 Å². The molecule has 0 fully saturated rings. The molecule has 0 bridgehead atoms. The topological polar surface area (TPSA) is 44.4 Å². The Balaban J connectivity index is 3.48. The number of amides is 1. The number of nitrogens with one attached hydrogen (secondary N) is 2. The van der Waals surface area contributed by atoms with Gasteiger partial charge in [0.05, 0.1) is 0 Å². The van der Waals surface area contributed by atoms with Crippen LogP contribution in [0.4, 0.5) is 0 Å². The molecule has 1 unspecified atom stereocenters. The van der Waals surface area contributed by atoms with Gasteiger partial charge in [-0.05, 0) is 34.9 Å². The molecule has 1 amide bonds. The molecule has 0 saturated heterocycles. The van der Waals surface area contributed by atoms with Crippen LogP contribution in [0, 0.1) is 0 Å². The van der Waals surface area contributed by atoms with Crippen LogP contribution in [-0.4, -0.2) is 50.1 Å². The monoisotopic (exact) mass is 215 g/mol. The van der Waals surface area contributed by atoms with Gasteiger partial charge in [-0.25, -0.2) is 0 Å². The number of hydrogen-bond donors (Lipinski definition) is 2. The van der Waals surface area contributed by atoms with Crippen LogP contribution in [0.3, 0.4) is 0 Å². The summed E-state index contributed by atoms with van der Waals surface area (Å²) >= 11 is 0. The molecule has 0 aromatic rings. The Morgan fingerprint density at radius 3 is 2.33 bits per heavy atom. The molecule has 0 saturated carbocycles. The third-order valence-corrected chi connectivity index (χ3v) is 1.93. The van der Waals surface area contributed by atoms with E-state index in [0.29, 0.717) is 12.5 Å². The van der Waals surface area contributed by atoms with Crippen molar-refractivity contribution in [1.82, 2.24) is 15.5 Å². The minimum atomic E-state index is 0.120. The highest BCUT2D eigenvalue weighted by atomic mass is 16.1. The van der Waals surface area contributed by atoms with Crippen molar-refractivity contribution in [2.45, 2.75) is 39.3 Å². The zero-order valence-corrected chi connectivity index (χ0v) is 10.6. The Morgan fingerprint density at radius 2 is 1.87 bits per heavy atom. The van der Waals surface area contributed by atoms with E-state index in [1.807, 2.05) is 27.9 Å². The predicted octanol–water partition coefficient (Wildman–Crippen LogP) is 0.441. The number of carbonyl (C=O) groups is 1. The van der Waals surface area contributed by atoms with Crippen LogP contribution in [0.25, 0.3) is 0 Å². The third-order valence-electron chi connectivity index (χ3n) is 1.93. The third kappa shape index (κ3) is 9.69. The summed E-state index contributed by atoms with van der Waals surface area (Å²) < 4.78 is 0. The minimum Gasteiger partial charge on any atom is -0.354 e. The Bertz CT molecular complexity index is 181. The molecule has 4 heteroatoms. The average Bonchev–Trinajstić information content (AvgIpc) is 2.00. The Labute approximate surface area is 93.4 Å². The minimum absolute atomic E-state index is 0.120. The van der Waals surface area contributed by atoms with E-state index in [4.69, 9.17) is 0 Å². The molecule has 1 atom stereocenters. The molecule has 0 rings (SSSR count). The van der Waals surface area contributed by atoms with Gasteiger partial charge in [0.25, 0.3) is 0 Å². The largest absolute Gasteiger partial charge is 0.354 e. The first-order valence-electron chi connectivity index (χ1n) is 5.59. The van der Waals surface area contributed by atoms with Crippen molar-refractivity contribution >= 4 is 5.91 Å². The maximum atomic E-state index is 11.3. The molecule has 0 aromatic carbocycles. The molecular formula is C11H25N3O. The van der Waals surface area contributed by atoms with Crippen LogP contribution in [-0.2, 0) is 4.79 Å². The Hall–Kier alpha value is -0.610. The maximum Gasteiger partial charge on any atom is 0.221 e. The van der Waals surface area contributed by atoms with Crippen LogP contribution in [0.15, 0.2) is 0 Å². The Morgan fingerprint density at radius 1 is 1.27 bits per heavy atom. The van der Waals surface area contributed by atoms with Gasteiger partial charge in [-0.15, -0.1) is 0 Å². The second-order valence-corrected chi connectivity index (χ2v) is 4.59. The first-order valence-corrected chi connectivity index (χ1v) is 5.59. The van der Waals surface area contributed by atoms with Gasteiger partial charge in [0, 0.05) is 31.6 Å². The van der Waals surface area contributed by atoms with Crippen molar-refractivity contribution in [1.29, 1.82) is 0 Å². The van der Waals surface area contributed by atoms with Gasteiger partial charge in [-0.2, -0.15) is 0 Å². The van der Waals surface area contributed by atoms with Crippen LogP contribution in [0.5, 0.6) is 0 Å². The fourth-order valence-corrected chi connectivity index (χ4v) is 1.44. The van der Waals surface area contributed by atoms with E-state index in [-0.39, 0.29) is 11.9 Å². The van der Waals surface area contributed by atoms with Crippen LogP contribution < -0.4 is 10.6 Å². The van der Waals surface area contributed by atoms with Gasteiger partial charge in [0.1, 0.15) is 0 Å².